The minimum atomic E-state index is 1.09. The quantitative estimate of drug-likeness (QED) is 0.146. The second-order valence-electron chi connectivity index (χ2n) is 16.0. The molecule has 12 aromatic rings. The van der Waals surface area contributed by atoms with E-state index in [-0.39, 0.29) is 0 Å². The first kappa shape index (κ1) is 35.7. The maximum absolute atomic E-state index is 2.45. The molecule has 0 N–H and O–H groups in total. The van der Waals surface area contributed by atoms with Gasteiger partial charge < -0.3 is 9.47 Å². The third kappa shape index (κ3) is 5.80. The zero-order valence-electron chi connectivity index (χ0n) is 34.0. The first-order valence-electron chi connectivity index (χ1n) is 21.4. The Morgan fingerprint density at radius 3 is 1.58 bits per heavy atom. The molecule has 290 valence electrons. The van der Waals surface area contributed by atoms with Crippen molar-refractivity contribution in [2.24, 2.45) is 0 Å². The van der Waals surface area contributed by atoms with Crippen LogP contribution in [0.15, 0.2) is 243 Å². The Morgan fingerprint density at radius 2 is 0.806 bits per heavy atom. The van der Waals surface area contributed by atoms with E-state index < -0.39 is 0 Å². The van der Waals surface area contributed by atoms with Gasteiger partial charge in [-0.05, 0) is 115 Å². The third-order valence-electron chi connectivity index (χ3n) is 12.5. The van der Waals surface area contributed by atoms with E-state index in [1.165, 1.54) is 87.6 Å². The molecule has 0 saturated carbocycles. The summed E-state index contributed by atoms with van der Waals surface area (Å²) in [6.45, 7) is 0. The average Bonchev–Trinajstić information content (AvgIpc) is 3.69. The zero-order valence-corrected chi connectivity index (χ0v) is 34.0. The molecule has 1 heterocycles. The van der Waals surface area contributed by atoms with E-state index in [2.05, 4.69) is 252 Å². The van der Waals surface area contributed by atoms with Crippen LogP contribution in [0.3, 0.4) is 0 Å². The number of fused-ring (bicyclic) bond motifs is 7. The molecule has 0 saturated heterocycles. The lowest BCUT2D eigenvalue weighted by Crippen LogP contribution is -2.10. The van der Waals surface area contributed by atoms with Gasteiger partial charge in [0.05, 0.1) is 22.4 Å². The summed E-state index contributed by atoms with van der Waals surface area (Å²) in [5.74, 6) is 0. The molecule has 0 atom stereocenters. The van der Waals surface area contributed by atoms with Crippen LogP contribution in [0.5, 0.6) is 0 Å². The lowest BCUT2D eigenvalue weighted by atomic mass is 9.84. The summed E-state index contributed by atoms with van der Waals surface area (Å²) in [5, 5.41) is 9.88. The summed E-state index contributed by atoms with van der Waals surface area (Å²) in [6.07, 6.45) is 0. The van der Waals surface area contributed by atoms with Gasteiger partial charge in [-0.3, -0.25) is 0 Å². The minimum absolute atomic E-state index is 1.09. The number of hydrogen-bond donors (Lipinski definition) is 0. The van der Waals surface area contributed by atoms with Crippen molar-refractivity contribution in [2.45, 2.75) is 0 Å². The van der Waals surface area contributed by atoms with E-state index in [0.717, 1.165) is 22.6 Å². The molecule has 0 unspecified atom stereocenters. The second kappa shape index (κ2) is 14.8. The molecule has 2 heteroatoms. The zero-order chi connectivity index (χ0) is 41.0. The first-order chi connectivity index (χ1) is 30.8. The Balaban J connectivity index is 1.09. The molecule has 2 nitrogen and oxygen atoms in total. The number of anilines is 3. The van der Waals surface area contributed by atoms with Crippen molar-refractivity contribution in [1.29, 1.82) is 0 Å². The molecule has 0 aliphatic rings. The molecular formula is C60H40N2. The SMILES string of the molecule is c1ccc(-c2c(-c3ccccc3)c3cc(-c4cccc(N(c5ccccc5)c5cccc6c5c5ccccc5n6-c5cccc6ccccc56)c4)ccc3c3ccccc23)cc1. The van der Waals surface area contributed by atoms with Crippen molar-refractivity contribution in [3.05, 3.63) is 243 Å². The van der Waals surface area contributed by atoms with Crippen LogP contribution >= 0.6 is 0 Å². The van der Waals surface area contributed by atoms with Crippen molar-refractivity contribution >= 4 is 71.2 Å². The number of para-hydroxylation sites is 2. The van der Waals surface area contributed by atoms with Crippen LogP contribution in [0.2, 0.25) is 0 Å². The molecule has 0 spiro atoms. The summed E-state index contributed by atoms with van der Waals surface area (Å²) in [4.78, 5) is 2.43. The van der Waals surface area contributed by atoms with Gasteiger partial charge >= 0.3 is 0 Å². The highest BCUT2D eigenvalue weighted by molar-refractivity contribution is 6.22. The van der Waals surface area contributed by atoms with Crippen molar-refractivity contribution in [3.8, 4) is 39.1 Å². The van der Waals surface area contributed by atoms with E-state index in [1.54, 1.807) is 0 Å². The predicted molar refractivity (Wildman–Crippen MR) is 264 cm³/mol. The van der Waals surface area contributed by atoms with E-state index in [4.69, 9.17) is 0 Å². The van der Waals surface area contributed by atoms with Crippen molar-refractivity contribution in [2.75, 3.05) is 4.90 Å². The van der Waals surface area contributed by atoms with Gasteiger partial charge in [-0.1, -0.05) is 188 Å². The number of rotatable bonds is 7. The van der Waals surface area contributed by atoms with E-state index >= 15 is 0 Å². The molecule has 0 fully saturated rings. The lowest BCUT2D eigenvalue weighted by Gasteiger charge is -2.27. The highest BCUT2D eigenvalue weighted by Gasteiger charge is 2.23. The van der Waals surface area contributed by atoms with E-state index in [0.29, 0.717) is 0 Å². The van der Waals surface area contributed by atoms with Crippen LogP contribution in [0, 0.1) is 0 Å². The summed E-state index contributed by atoms with van der Waals surface area (Å²) in [7, 11) is 0. The maximum Gasteiger partial charge on any atom is 0.0562 e. The number of nitrogens with zero attached hydrogens (tertiary/aromatic N) is 2. The maximum atomic E-state index is 2.45. The van der Waals surface area contributed by atoms with Crippen molar-refractivity contribution < 1.29 is 0 Å². The first-order valence-corrected chi connectivity index (χ1v) is 21.4. The van der Waals surface area contributed by atoms with Crippen LogP contribution in [-0.4, -0.2) is 4.57 Å². The molecule has 12 rings (SSSR count). The van der Waals surface area contributed by atoms with Gasteiger partial charge in [0, 0.05) is 27.5 Å². The Morgan fingerprint density at radius 1 is 0.290 bits per heavy atom. The average molecular weight is 789 g/mol. The Kier molecular flexibility index (Phi) is 8.53. The second-order valence-corrected chi connectivity index (χ2v) is 16.0. The summed E-state index contributed by atoms with van der Waals surface area (Å²) in [6, 6.07) is 88.5. The Hall–Kier alpha value is -8.20. The lowest BCUT2D eigenvalue weighted by molar-refractivity contribution is 1.20. The van der Waals surface area contributed by atoms with E-state index in [1.807, 2.05) is 0 Å². The Bertz CT molecular complexity index is 3620. The third-order valence-corrected chi connectivity index (χ3v) is 12.5. The summed E-state index contributed by atoms with van der Waals surface area (Å²) >= 11 is 0. The Labute approximate surface area is 360 Å². The van der Waals surface area contributed by atoms with Crippen LogP contribution in [0.25, 0.3) is 93.2 Å². The van der Waals surface area contributed by atoms with E-state index in [9.17, 15) is 0 Å². The van der Waals surface area contributed by atoms with Gasteiger partial charge in [0.2, 0.25) is 0 Å². The molecule has 0 amide bonds. The van der Waals surface area contributed by atoms with Gasteiger partial charge in [-0.25, -0.2) is 0 Å². The smallest absolute Gasteiger partial charge is 0.0562 e. The topological polar surface area (TPSA) is 8.17 Å². The minimum Gasteiger partial charge on any atom is -0.310 e. The molecule has 0 radical (unpaired) electrons. The fourth-order valence-electron chi connectivity index (χ4n) is 9.86. The number of hydrogen-bond acceptors (Lipinski definition) is 1. The fourth-order valence-corrected chi connectivity index (χ4v) is 9.86. The molecule has 0 bridgehead atoms. The molecule has 1 aromatic heterocycles. The normalized spacial score (nSPS) is 11.5. The largest absolute Gasteiger partial charge is 0.310 e. The van der Waals surface area contributed by atoms with Gasteiger partial charge in [0.25, 0.3) is 0 Å². The van der Waals surface area contributed by atoms with Crippen molar-refractivity contribution in [1.82, 2.24) is 4.57 Å². The highest BCUT2D eigenvalue weighted by Crippen LogP contribution is 2.47. The molecule has 0 aliphatic carbocycles. The highest BCUT2D eigenvalue weighted by atomic mass is 15.1. The van der Waals surface area contributed by atoms with Crippen molar-refractivity contribution in [3.63, 3.8) is 0 Å². The summed E-state index contributed by atoms with van der Waals surface area (Å²) in [5.41, 5.74) is 14.1. The van der Waals surface area contributed by atoms with Crippen LogP contribution in [0.4, 0.5) is 17.1 Å². The van der Waals surface area contributed by atoms with Crippen LogP contribution in [-0.2, 0) is 0 Å². The van der Waals surface area contributed by atoms with Crippen LogP contribution in [0.1, 0.15) is 0 Å². The predicted octanol–water partition coefficient (Wildman–Crippen LogP) is 16.7. The number of benzene rings is 11. The number of aromatic nitrogens is 1. The monoisotopic (exact) mass is 788 g/mol. The molecule has 0 aliphatic heterocycles. The standard InChI is InChI=1S/C60H40N2/c1-4-20-42(21-5-1)58-51-31-13-12-30-49(51)50-38-37-45(40-53(50)59(58)43-22-6-2-7-23-43)44-25-16-28-47(39-44)61(46-26-8-3-9-27-46)56-35-18-36-57-60(56)52-32-14-15-33-55(52)62(57)54-34-17-24-41-19-10-11-29-48(41)54/h1-40H. The van der Waals surface area contributed by atoms with Crippen LogP contribution < -0.4 is 4.90 Å². The molecule has 62 heavy (non-hydrogen) atoms. The summed E-state index contributed by atoms with van der Waals surface area (Å²) < 4.78 is 2.45. The van der Waals surface area contributed by atoms with Gasteiger partial charge in [-0.2, -0.15) is 0 Å². The molecule has 11 aromatic carbocycles. The molecular weight excluding hydrogens is 749 g/mol. The fraction of sp³-hybridized carbons (Fsp3) is 0. The van der Waals surface area contributed by atoms with Gasteiger partial charge in [-0.15, -0.1) is 0 Å². The van der Waals surface area contributed by atoms with Gasteiger partial charge in [0.15, 0.2) is 0 Å². The van der Waals surface area contributed by atoms with Gasteiger partial charge in [0.1, 0.15) is 0 Å².